The van der Waals surface area contributed by atoms with E-state index in [-0.39, 0.29) is 16.4 Å². The van der Waals surface area contributed by atoms with Crippen LogP contribution in [0.1, 0.15) is 18.9 Å². The van der Waals surface area contributed by atoms with Gasteiger partial charge in [-0.1, -0.05) is 22.9 Å². The molecule has 1 aliphatic rings. The van der Waals surface area contributed by atoms with E-state index in [2.05, 4.69) is 15.9 Å². The van der Waals surface area contributed by atoms with Gasteiger partial charge in [0.1, 0.15) is 0 Å². The number of nitrogens with two attached hydrogens (primary N) is 1. The Morgan fingerprint density at radius 2 is 2.05 bits per heavy atom. The maximum atomic E-state index is 12.9. The lowest BCUT2D eigenvalue weighted by molar-refractivity contribution is -0.138. The first-order valence-electron chi connectivity index (χ1n) is 6.16. The first-order valence-corrected chi connectivity index (χ1v) is 6.95. The average molecular weight is 337 g/mol. The van der Waals surface area contributed by atoms with Crippen LogP contribution in [-0.2, 0) is 6.18 Å². The summed E-state index contributed by atoms with van der Waals surface area (Å²) in [5.41, 5.74) is 5.90. The van der Waals surface area contributed by atoms with Gasteiger partial charge >= 0.3 is 6.18 Å². The lowest BCUT2D eigenvalue weighted by Gasteiger charge is -2.36. The van der Waals surface area contributed by atoms with Crippen LogP contribution >= 0.6 is 15.9 Å². The number of benzene rings is 1. The van der Waals surface area contributed by atoms with Gasteiger partial charge in [0.2, 0.25) is 0 Å². The average Bonchev–Trinajstić information content (AvgIpc) is 2.32. The molecular formula is C13H16BrF3N2. The maximum Gasteiger partial charge on any atom is 0.417 e. The van der Waals surface area contributed by atoms with E-state index in [1.54, 1.807) is 6.07 Å². The van der Waals surface area contributed by atoms with Gasteiger partial charge in [0, 0.05) is 29.3 Å². The monoisotopic (exact) mass is 336 g/mol. The molecule has 0 saturated carbocycles. The van der Waals surface area contributed by atoms with Gasteiger partial charge in [-0.05, 0) is 30.5 Å². The molecule has 1 aromatic rings. The van der Waals surface area contributed by atoms with Crippen molar-refractivity contribution in [1.82, 2.24) is 0 Å². The van der Waals surface area contributed by atoms with Crippen molar-refractivity contribution in [1.29, 1.82) is 0 Å². The third-order valence-corrected chi connectivity index (χ3v) is 4.28. The van der Waals surface area contributed by atoms with Crippen molar-refractivity contribution in [3.8, 4) is 0 Å². The van der Waals surface area contributed by atoms with Crippen LogP contribution in [-0.4, -0.2) is 19.1 Å². The summed E-state index contributed by atoms with van der Waals surface area (Å²) in [5, 5.41) is 0. The predicted molar refractivity (Wildman–Crippen MR) is 73.1 cm³/mol. The molecule has 2 unspecified atom stereocenters. The van der Waals surface area contributed by atoms with Gasteiger partial charge in [-0.25, -0.2) is 0 Å². The molecule has 2 nitrogen and oxygen atoms in total. The van der Waals surface area contributed by atoms with E-state index in [1.807, 2.05) is 11.8 Å². The van der Waals surface area contributed by atoms with Crippen LogP contribution in [0.5, 0.6) is 0 Å². The van der Waals surface area contributed by atoms with Gasteiger partial charge in [0.05, 0.1) is 5.56 Å². The van der Waals surface area contributed by atoms with Crippen molar-refractivity contribution in [3.63, 3.8) is 0 Å². The fraction of sp³-hybridized carbons (Fsp3) is 0.538. The summed E-state index contributed by atoms with van der Waals surface area (Å²) in [6, 6.07) is 4.50. The molecule has 0 aliphatic carbocycles. The molecule has 0 radical (unpaired) electrons. The molecular weight excluding hydrogens is 321 g/mol. The van der Waals surface area contributed by atoms with Crippen molar-refractivity contribution < 1.29 is 13.2 Å². The van der Waals surface area contributed by atoms with Gasteiger partial charge in [0.25, 0.3) is 0 Å². The molecule has 0 spiro atoms. The Morgan fingerprint density at radius 3 is 2.63 bits per heavy atom. The molecule has 2 N–H and O–H groups in total. The number of hydrogen-bond acceptors (Lipinski definition) is 2. The van der Waals surface area contributed by atoms with Crippen molar-refractivity contribution in [2.45, 2.75) is 25.6 Å². The lowest BCUT2D eigenvalue weighted by atomic mass is 9.94. The molecule has 2 atom stereocenters. The van der Waals surface area contributed by atoms with E-state index in [9.17, 15) is 13.2 Å². The minimum absolute atomic E-state index is 0.0745. The molecule has 6 heteroatoms. The zero-order valence-corrected chi connectivity index (χ0v) is 12.1. The molecule has 0 bridgehead atoms. The highest BCUT2D eigenvalue weighted by Crippen LogP contribution is 2.37. The fourth-order valence-corrected chi connectivity index (χ4v) is 2.80. The fourth-order valence-electron chi connectivity index (χ4n) is 2.33. The van der Waals surface area contributed by atoms with Gasteiger partial charge in [-0.3, -0.25) is 0 Å². The van der Waals surface area contributed by atoms with Crippen LogP contribution in [0.3, 0.4) is 0 Å². The molecule has 1 aromatic carbocycles. The second-order valence-electron chi connectivity index (χ2n) is 5.04. The molecule has 106 valence electrons. The largest absolute Gasteiger partial charge is 0.417 e. The van der Waals surface area contributed by atoms with Crippen LogP contribution in [0.4, 0.5) is 18.9 Å². The Labute approximate surface area is 118 Å². The Kier molecular flexibility index (Phi) is 4.11. The number of nitrogens with zero attached hydrogens (tertiary/aromatic N) is 1. The molecule has 1 aliphatic heterocycles. The molecule has 1 fully saturated rings. The number of rotatable bonds is 1. The first kappa shape index (κ1) is 14.7. The molecule has 19 heavy (non-hydrogen) atoms. The van der Waals surface area contributed by atoms with Crippen LogP contribution in [0.15, 0.2) is 22.7 Å². The van der Waals surface area contributed by atoms with Crippen LogP contribution in [0, 0.1) is 5.92 Å². The second kappa shape index (κ2) is 5.32. The summed E-state index contributed by atoms with van der Waals surface area (Å²) in [7, 11) is 0. The van der Waals surface area contributed by atoms with E-state index < -0.39 is 11.7 Å². The first-order chi connectivity index (χ1) is 8.79. The Morgan fingerprint density at radius 1 is 1.37 bits per heavy atom. The van der Waals surface area contributed by atoms with Crippen LogP contribution in [0.2, 0.25) is 0 Å². The maximum absolute atomic E-state index is 12.9. The third kappa shape index (κ3) is 3.23. The zero-order valence-electron chi connectivity index (χ0n) is 10.5. The third-order valence-electron chi connectivity index (χ3n) is 3.59. The standard InChI is InChI=1S/C13H16BrF3N2/c1-8-7-19(5-4-12(8)18)9-2-3-11(14)10(6-9)13(15,16)17/h2-3,6,8,12H,4-5,7,18H2,1H3. The van der Waals surface area contributed by atoms with Gasteiger partial charge in [-0.2, -0.15) is 13.2 Å². The van der Waals surface area contributed by atoms with Crippen molar-refractivity contribution in [2.75, 3.05) is 18.0 Å². The summed E-state index contributed by atoms with van der Waals surface area (Å²) >= 11 is 2.95. The Balaban J connectivity index is 2.27. The predicted octanol–water partition coefficient (Wildman–Crippen LogP) is 3.64. The van der Waals surface area contributed by atoms with Crippen molar-refractivity contribution in [2.24, 2.45) is 11.7 Å². The summed E-state index contributed by atoms with van der Waals surface area (Å²) in [6.07, 6.45) is -3.54. The van der Waals surface area contributed by atoms with Gasteiger partial charge < -0.3 is 10.6 Å². The Bertz CT molecular complexity index is 462. The van der Waals surface area contributed by atoms with E-state index in [0.29, 0.717) is 18.8 Å². The van der Waals surface area contributed by atoms with E-state index in [0.717, 1.165) is 6.42 Å². The highest BCUT2D eigenvalue weighted by atomic mass is 79.9. The highest BCUT2D eigenvalue weighted by Gasteiger charge is 2.34. The van der Waals surface area contributed by atoms with E-state index in [1.165, 1.54) is 12.1 Å². The van der Waals surface area contributed by atoms with Gasteiger partial charge in [-0.15, -0.1) is 0 Å². The number of anilines is 1. The van der Waals surface area contributed by atoms with Crippen LogP contribution in [0.25, 0.3) is 0 Å². The summed E-state index contributed by atoms with van der Waals surface area (Å²) in [4.78, 5) is 1.97. The quantitative estimate of drug-likeness (QED) is 0.848. The summed E-state index contributed by atoms with van der Waals surface area (Å²) in [5.74, 6) is 0.284. The number of piperidine rings is 1. The highest BCUT2D eigenvalue weighted by molar-refractivity contribution is 9.10. The zero-order chi connectivity index (χ0) is 14.2. The smallest absolute Gasteiger partial charge is 0.371 e. The van der Waals surface area contributed by atoms with E-state index >= 15 is 0 Å². The van der Waals surface area contributed by atoms with Crippen molar-refractivity contribution in [3.05, 3.63) is 28.2 Å². The normalized spacial score (nSPS) is 24.6. The molecule has 1 saturated heterocycles. The lowest BCUT2D eigenvalue weighted by Crippen LogP contribution is -2.46. The topological polar surface area (TPSA) is 29.3 Å². The Hall–Kier alpha value is -0.750. The van der Waals surface area contributed by atoms with Gasteiger partial charge in [0.15, 0.2) is 0 Å². The van der Waals surface area contributed by atoms with Crippen molar-refractivity contribution >= 4 is 21.6 Å². The van der Waals surface area contributed by atoms with E-state index in [4.69, 9.17) is 5.73 Å². The molecule has 0 amide bonds. The molecule has 1 heterocycles. The minimum Gasteiger partial charge on any atom is -0.371 e. The summed E-state index contributed by atoms with van der Waals surface area (Å²) in [6.45, 7) is 3.42. The molecule has 0 aromatic heterocycles. The minimum atomic E-state index is -4.34. The number of alkyl halides is 3. The number of hydrogen-bond donors (Lipinski definition) is 1. The molecule has 2 rings (SSSR count). The summed E-state index contributed by atoms with van der Waals surface area (Å²) < 4.78 is 38.7. The second-order valence-corrected chi connectivity index (χ2v) is 5.89. The SMILES string of the molecule is CC1CN(c2ccc(Br)c(C(F)(F)F)c2)CCC1N. The van der Waals surface area contributed by atoms with Crippen LogP contribution < -0.4 is 10.6 Å². The number of halogens is 4.